The molecule has 0 N–H and O–H groups in total. The fourth-order valence-electron chi connectivity index (χ4n) is 10.4. The van der Waals surface area contributed by atoms with Crippen LogP contribution in [0, 0.1) is 0 Å². The molecule has 0 aromatic rings. The molecule has 0 bridgehead atoms. The minimum Gasteiger partial charge on any atom is -0.462 e. The van der Waals surface area contributed by atoms with Crippen molar-refractivity contribution in [2.45, 2.75) is 393 Å². The zero-order valence-corrected chi connectivity index (χ0v) is 49.2. The van der Waals surface area contributed by atoms with Gasteiger partial charge in [0.2, 0.25) is 0 Å². The Morgan fingerprint density at radius 1 is 0.222 bits per heavy atom. The summed E-state index contributed by atoms with van der Waals surface area (Å²) in [4.78, 5) is 38.1. The number of hydrogen-bond acceptors (Lipinski definition) is 6. The van der Waals surface area contributed by atoms with Crippen molar-refractivity contribution in [3.05, 3.63) is 0 Å². The standard InChI is InChI=1S/C66H128O6/c1-4-7-10-13-16-19-22-24-25-26-27-28-29-30-31-32-33-34-35-36-37-38-39-40-41-42-43-45-47-50-53-56-59-65(68)71-62-63(61-70-64(67)58-55-52-49-46-21-18-15-12-9-6-3)72-66(69)60-57-54-51-48-44-23-20-17-14-11-8-5-2/h63H,4-62H2,1-3H3. The molecule has 0 aliphatic carbocycles. The van der Waals surface area contributed by atoms with E-state index in [-0.39, 0.29) is 31.1 Å². The first-order valence-corrected chi connectivity index (χ1v) is 33.0. The van der Waals surface area contributed by atoms with E-state index in [2.05, 4.69) is 20.8 Å². The van der Waals surface area contributed by atoms with E-state index < -0.39 is 6.10 Å². The van der Waals surface area contributed by atoms with Gasteiger partial charge in [0.05, 0.1) is 0 Å². The fraction of sp³-hybridized carbons (Fsp3) is 0.955. The maximum atomic E-state index is 12.8. The molecule has 0 aromatic heterocycles. The van der Waals surface area contributed by atoms with Gasteiger partial charge in [-0.15, -0.1) is 0 Å². The molecule has 0 fully saturated rings. The van der Waals surface area contributed by atoms with Gasteiger partial charge in [0.25, 0.3) is 0 Å². The number of unbranched alkanes of at least 4 members (excludes halogenated alkanes) is 51. The van der Waals surface area contributed by atoms with Crippen molar-refractivity contribution >= 4 is 17.9 Å². The third-order valence-corrected chi connectivity index (χ3v) is 15.4. The summed E-state index contributed by atoms with van der Waals surface area (Å²) >= 11 is 0. The van der Waals surface area contributed by atoms with E-state index in [1.807, 2.05) is 0 Å². The van der Waals surface area contributed by atoms with Crippen LogP contribution in [0.1, 0.15) is 387 Å². The topological polar surface area (TPSA) is 78.9 Å². The summed E-state index contributed by atoms with van der Waals surface area (Å²) in [5.41, 5.74) is 0. The van der Waals surface area contributed by atoms with Gasteiger partial charge in [-0.1, -0.05) is 348 Å². The summed E-state index contributed by atoms with van der Waals surface area (Å²) in [5.74, 6) is -0.834. The second kappa shape index (κ2) is 62.0. The number of hydrogen-bond donors (Lipinski definition) is 0. The maximum absolute atomic E-state index is 12.8. The maximum Gasteiger partial charge on any atom is 0.306 e. The van der Waals surface area contributed by atoms with Gasteiger partial charge in [-0.3, -0.25) is 14.4 Å². The van der Waals surface area contributed by atoms with Crippen LogP contribution in [0.15, 0.2) is 0 Å². The third kappa shape index (κ3) is 59.3. The lowest BCUT2D eigenvalue weighted by molar-refractivity contribution is -0.167. The van der Waals surface area contributed by atoms with Crippen LogP contribution in [-0.4, -0.2) is 37.2 Å². The monoisotopic (exact) mass is 1020 g/mol. The van der Waals surface area contributed by atoms with Crippen LogP contribution in [0.5, 0.6) is 0 Å². The van der Waals surface area contributed by atoms with Crippen LogP contribution in [0.4, 0.5) is 0 Å². The van der Waals surface area contributed by atoms with Crippen LogP contribution in [0.3, 0.4) is 0 Å². The van der Waals surface area contributed by atoms with E-state index in [0.717, 1.165) is 57.8 Å². The van der Waals surface area contributed by atoms with Gasteiger partial charge in [-0.05, 0) is 19.3 Å². The molecule has 0 saturated heterocycles. The van der Waals surface area contributed by atoms with Crippen molar-refractivity contribution in [1.82, 2.24) is 0 Å². The molecular formula is C66H128O6. The van der Waals surface area contributed by atoms with Crippen molar-refractivity contribution in [1.29, 1.82) is 0 Å². The van der Waals surface area contributed by atoms with Crippen LogP contribution in [0.2, 0.25) is 0 Å². The molecule has 1 unspecified atom stereocenters. The molecule has 6 heteroatoms. The molecule has 1 atom stereocenters. The zero-order chi connectivity index (χ0) is 52.2. The van der Waals surface area contributed by atoms with E-state index >= 15 is 0 Å². The molecule has 0 aromatic carbocycles. The predicted octanol–water partition coefficient (Wildman–Crippen LogP) is 22.3. The second-order valence-electron chi connectivity index (χ2n) is 22.8. The Morgan fingerprint density at radius 2 is 0.375 bits per heavy atom. The Hall–Kier alpha value is -1.59. The number of ether oxygens (including phenoxy) is 3. The van der Waals surface area contributed by atoms with Crippen molar-refractivity contribution in [2.75, 3.05) is 13.2 Å². The molecule has 0 spiro atoms. The Balaban J connectivity index is 3.95. The summed E-state index contributed by atoms with van der Waals surface area (Å²) in [6.45, 7) is 6.69. The SMILES string of the molecule is CCCCCCCCCCCCCCCCCCCCCCCCCCCCCCCCCCC(=O)OCC(COC(=O)CCCCCCCCCCCC)OC(=O)CCCCCCCCCCCCCC. The van der Waals surface area contributed by atoms with Crippen molar-refractivity contribution in [2.24, 2.45) is 0 Å². The highest BCUT2D eigenvalue weighted by Gasteiger charge is 2.19. The van der Waals surface area contributed by atoms with Gasteiger partial charge in [-0.2, -0.15) is 0 Å². The molecule has 0 aliphatic rings. The van der Waals surface area contributed by atoms with E-state index in [4.69, 9.17) is 14.2 Å². The molecule has 0 rings (SSSR count). The van der Waals surface area contributed by atoms with Gasteiger partial charge in [0.1, 0.15) is 13.2 Å². The molecule has 0 saturated carbocycles. The molecule has 0 aliphatic heterocycles. The van der Waals surface area contributed by atoms with Gasteiger partial charge in [0, 0.05) is 19.3 Å². The first kappa shape index (κ1) is 70.4. The third-order valence-electron chi connectivity index (χ3n) is 15.4. The summed E-state index contributed by atoms with van der Waals surface area (Å²) in [6, 6.07) is 0. The summed E-state index contributed by atoms with van der Waals surface area (Å²) < 4.78 is 16.9. The predicted molar refractivity (Wildman–Crippen MR) is 312 cm³/mol. The summed E-state index contributed by atoms with van der Waals surface area (Å²) in [7, 11) is 0. The van der Waals surface area contributed by atoms with Crippen LogP contribution < -0.4 is 0 Å². The first-order chi connectivity index (χ1) is 35.5. The fourth-order valence-corrected chi connectivity index (χ4v) is 10.4. The highest BCUT2D eigenvalue weighted by Crippen LogP contribution is 2.19. The smallest absolute Gasteiger partial charge is 0.306 e. The van der Waals surface area contributed by atoms with Crippen molar-refractivity contribution in [3.63, 3.8) is 0 Å². The molecule has 6 nitrogen and oxygen atoms in total. The highest BCUT2D eigenvalue weighted by atomic mass is 16.6. The largest absolute Gasteiger partial charge is 0.462 e. The average Bonchev–Trinajstić information content (AvgIpc) is 3.38. The van der Waals surface area contributed by atoms with Gasteiger partial charge >= 0.3 is 17.9 Å². The van der Waals surface area contributed by atoms with E-state index in [0.29, 0.717) is 19.3 Å². The Kier molecular flexibility index (Phi) is 60.6. The van der Waals surface area contributed by atoms with Gasteiger partial charge in [-0.25, -0.2) is 0 Å². The number of esters is 3. The minimum atomic E-state index is -0.761. The normalized spacial score (nSPS) is 11.9. The van der Waals surface area contributed by atoms with Crippen molar-refractivity contribution in [3.8, 4) is 0 Å². The number of carbonyl (C=O) groups is 3. The van der Waals surface area contributed by atoms with E-state index in [1.165, 1.54) is 289 Å². The van der Waals surface area contributed by atoms with E-state index in [1.54, 1.807) is 0 Å². The second-order valence-corrected chi connectivity index (χ2v) is 22.8. The number of rotatable bonds is 62. The Bertz CT molecular complexity index is 1080. The Morgan fingerprint density at radius 3 is 0.556 bits per heavy atom. The van der Waals surface area contributed by atoms with Gasteiger partial charge < -0.3 is 14.2 Å². The van der Waals surface area contributed by atoms with Crippen LogP contribution in [-0.2, 0) is 28.6 Å². The summed E-state index contributed by atoms with van der Waals surface area (Å²) in [6.07, 6.45) is 71.5. The average molecular weight is 1020 g/mol. The minimum absolute atomic E-state index is 0.0613. The zero-order valence-electron chi connectivity index (χ0n) is 49.2. The van der Waals surface area contributed by atoms with E-state index in [9.17, 15) is 14.4 Å². The molecule has 428 valence electrons. The first-order valence-electron chi connectivity index (χ1n) is 33.0. The lowest BCUT2D eigenvalue weighted by atomic mass is 10.0. The molecule has 0 amide bonds. The molecule has 0 radical (unpaired) electrons. The molecule has 72 heavy (non-hydrogen) atoms. The lowest BCUT2D eigenvalue weighted by Gasteiger charge is -2.18. The highest BCUT2D eigenvalue weighted by molar-refractivity contribution is 5.71. The summed E-state index contributed by atoms with van der Waals surface area (Å²) in [5, 5.41) is 0. The molecule has 0 heterocycles. The van der Waals surface area contributed by atoms with Crippen molar-refractivity contribution < 1.29 is 28.6 Å². The quantitative estimate of drug-likeness (QED) is 0.0343. The van der Waals surface area contributed by atoms with Crippen LogP contribution >= 0.6 is 0 Å². The van der Waals surface area contributed by atoms with Gasteiger partial charge in [0.15, 0.2) is 6.10 Å². The number of carbonyl (C=O) groups excluding carboxylic acids is 3. The molecular weight excluding hydrogens is 889 g/mol. The lowest BCUT2D eigenvalue weighted by Crippen LogP contribution is -2.30. The van der Waals surface area contributed by atoms with Crippen LogP contribution in [0.25, 0.3) is 0 Å². The Labute approximate surface area is 450 Å².